The van der Waals surface area contributed by atoms with Crippen LogP contribution in [0.1, 0.15) is 30.0 Å². The molecule has 16 heavy (non-hydrogen) atoms. The minimum atomic E-state index is -0.0178. The van der Waals surface area contributed by atoms with Crippen LogP contribution in [-0.2, 0) is 4.79 Å². The number of carbonyl (C=O) groups excluding carboxylic acids is 1. The molecule has 0 heterocycles. The molecule has 0 saturated heterocycles. The Bertz CT molecular complexity index is 484. The van der Waals surface area contributed by atoms with Crippen molar-refractivity contribution in [2.75, 3.05) is 0 Å². The molecule has 2 nitrogen and oxygen atoms in total. The normalized spacial score (nSPS) is 13.8. The van der Waals surface area contributed by atoms with Crippen molar-refractivity contribution in [3.63, 3.8) is 0 Å². The highest BCUT2D eigenvalue weighted by atomic mass is 16.1. The molecule has 0 bridgehead atoms. The minimum Gasteiger partial charge on any atom is -0.330 e. The highest BCUT2D eigenvalue weighted by Crippen LogP contribution is 2.22. The molecule has 0 unspecified atom stereocenters. The molecule has 1 aliphatic carbocycles. The van der Waals surface area contributed by atoms with Gasteiger partial charge in [0.2, 0.25) is 5.91 Å². The van der Waals surface area contributed by atoms with E-state index in [0.717, 1.165) is 17.7 Å². The molecule has 0 aliphatic heterocycles. The quantitative estimate of drug-likeness (QED) is 0.763. The van der Waals surface area contributed by atoms with Crippen molar-refractivity contribution in [2.24, 2.45) is 0 Å². The van der Waals surface area contributed by atoms with E-state index in [0.29, 0.717) is 0 Å². The van der Waals surface area contributed by atoms with E-state index >= 15 is 0 Å². The van der Waals surface area contributed by atoms with E-state index in [1.54, 1.807) is 0 Å². The van der Waals surface area contributed by atoms with Gasteiger partial charge in [-0.15, -0.1) is 0 Å². The van der Waals surface area contributed by atoms with Gasteiger partial charge in [0.15, 0.2) is 0 Å². The third-order valence-electron chi connectivity index (χ3n) is 2.65. The lowest BCUT2D eigenvalue weighted by Crippen LogP contribution is -2.18. The Kier molecular flexibility index (Phi) is 2.91. The minimum absolute atomic E-state index is 0.0178. The summed E-state index contributed by atoms with van der Waals surface area (Å²) in [5.41, 5.74) is 4.61. The van der Waals surface area contributed by atoms with Crippen LogP contribution in [0.25, 0.3) is 12.2 Å². The van der Waals surface area contributed by atoms with Crippen LogP contribution in [0.4, 0.5) is 0 Å². The molecule has 1 amide bonds. The average Bonchev–Trinajstić information content (AvgIpc) is 2.39. The molecule has 1 aromatic carbocycles. The van der Waals surface area contributed by atoms with E-state index in [4.69, 9.17) is 0 Å². The maximum atomic E-state index is 11.0. The monoisotopic (exact) mass is 213 g/mol. The molecule has 2 heteroatoms. The van der Waals surface area contributed by atoms with Crippen molar-refractivity contribution < 1.29 is 4.79 Å². The molecule has 1 N–H and O–H groups in total. The van der Waals surface area contributed by atoms with Crippen molar-refractivity contribution in [2.45, 2.75) is 20.3 Å². The van der Waals surface area contributed by atoms with E-state index in [1.807, 2.05) is 12.1 Å². The molecule has 2 rings (SSSR count). The van der Waals surface area contributed by atoms with E-state index in [2.05, 4.69) is 36.5 Å². The smallest absolute Gasteiger partial charge is 0.221 e. The van der Waals surface area contributed by atoms with Crippen LogP contribution in [0, 0.1) is 6.92 Å². The van der Waals surface area contributed by atoms with E-state index < -0.39 is 0 Å². The number of benzene rings is 1. The predicted molar refractivity (Wildman–Crippen MR) is 66.6 cm³/mol. The number of hydrogen-bond acceptors (Lipinski definition) is 1. The molecule has 1 aromatic rings. The molecule has 0 saturated carbocycles. The first-order valence-corrected chi connectivity index (χ1v) is 5.41. The topological polar surface area (TPSA) is 29.1 Å². The lowest BCUT2D eigenvalue weighted by molar-refractivity contribution is -0.118. The first-order valence-electron chi connectivity index (χ1n) is 5.41. The molecular weight excluding hydrogens is 198 g/mol. The summed E-state index contributed by atoms with van der Waals surface area (Å²) in [7, 11) is 0. The Hall–Kier alpha value is -1.83. The highest BCUT2D eigenvalue weighted by molar-refractivity contribution is 5.78. The summed E-state index contributed by atoms with van der Waals surface area (Å²) in [6.07, 6.45) is 7.02. The van der Waals surface area contributed by atoms with Crippen LogP contribution >= 0.6 is 0 Å². The van der Waals surface area contributed by atoms with Crippen molar-refractivity contribution in [1.82, 2.24) is 5.32 Å². The van der Waals surface area contributed by atoms with Gasteiger partial charge in [0.25, 0.3) is 0 Å². The van der Waals surface area contributed by atoms with E-state index in [1.165, 1.54) is 18.1 Å². The van der Waals surface area contributed by atoms with Crippen molar-refractivity contribution >= 4 is 18.1 Å². The number of rotatable bonds is 1. The fourth-order valence-electron chi connectivity index (χ4n) is 1.92. The summed E-state index contributed by atoms with van der Waals surface area (Å²) >= 11 is 0. The van der Waals surface area contributed by atoms with Gasteiger partial charge >= 0.3 is 0 Å². The molecule has 0 fully saturated rings. The van der Waals surface area contributed by atoms with Crippen molar-refractivity contribution in [3.8, 4) is 0 Å². The maximum Gasteiger partial charge on any atom is 0.221 e. The fraction of sp³-hybridized carbons (Fsp3) is 0.214. The largest absolute Gasteiger partial charge is 0.330 e. The molecule has 0 spiro atoms. The number of aryl methyl sites for hydroxylation is 1. The van der Waals surface area contributed by atoms with Gasteiger partial charge in [-0.2, -0.15) is 0 Å². The van der Waals surface area contributed by atoms with Crippen molar-refractivity contribution in [3.05, 3.63) is 46.7 Å². The fourth-order valence-corrected chi connectivity index (χ4v) is 1.92. The molecule has 1 aliphatic rings. The second-order valence-corrected chi connectivity index (χ2v) is 4.04. The Morgan fingerprint density at radius 3 is 2.94 bits per heavy atom. The average molecular weight is 213 g/mol. The zero-order valence-corrected chi connectivity index (χ0v) is 9.58. The summed E-state index contributed by atoms with van der Waals surface area (Å²) in [5.74, 6) is -0.0178. The Balaban J connectivity index is 2.43. The summed E-state index contributed by atoms with van der Waals surface area (Å²) in [6.45, 7) is 3.63. The first kappa shape index (κ1) is 10.7. The Morgan fingerprint density at radius 1 is 1.38 bits per heavy atom. The highest BCUT2D eigenvalue weighted by Gasteiger charge is 2.06. The van der Waals surface area contributed by atoms with Gasteiger partial charge in [0.05, 0.1) is 0 Å². The van der Waals surface area contributed by atoms with Gasteiger partial charge in [0, 0.05) is 19.0 Å². The van der Waals surface area contributed by atoms with Crippen LogP contribution in [0.3, 0.4) is 0 Å². The number of amides is 1. The van der Waals surface area contributed by atoms with Gasteiger partial charge in [0.1, 0.15) is 0 Å². The zero-order valence-electron chi connectivity index (χ0n) is 9.58. The third-order valence-corrected chi connectivity index (χ3v) is 2.65. The number of nitrogens with one attached hydrogen (secondary N) is 1. The third kappa shape index (κ3) is 2.22. The first-order chi connectivity index (χ1) is 7.66. The van der Waals surface area contributed by atoms with Crippen LogP contribution in [-0.4, -0.2) is 5.91 Å². The predicted octanol–water partition coefficient (Wildman–Crippen LogP) is 2.89. The number of hydrogen-bond donors (Lipinski definition) is 1. The van der Waals surface area contributed by atoms with Gasteiger partial charge in [-0.3, -0.25) is 4.79 Å². The molecular formula is C14H15NO. The van der Waals surface area contributed by atoms with E-state index in [9.17, 15) is 4.79 Å². The molecule has 82 valence electrons. The maximum absolute atomic E-state index is 11.0. The van der Waals surface area contributed by atoms with Crippen LogP contribution in [0.2, 0.25) is 0 Å². The van der Waals surface area contributed by atoms with Crippen LogP contribution in [0.15, 0.2) is 30.0 Å². The van der Waals surface area contributed by atoms with Gasteiger partial charge in [-0.25, -0.2) is 0 Å². The van der Waals surface area contributed by atoms with Crippen LogP contribution < -0.4 is 5.32 Å². The standard InChI is InChI=1S/C14H15NO/c1-10-5-3-6-12-9-13(15-11(2)16)7-4-8-14(10)12/h3-6,8-9H,7H2,1-2H3,(H,15,16). The number of allylic oxidation sites excluding steroid dienone is 1. The molecule has 0 aromatic heterocycles. The Morgan fingerprint density at radius 2 is 2.19 bits per heavy atom. The summed E-state index contributed by atoms with van der Waals surface area (Å²) in [5, 5.41) is 2.85. The molecule has 0 radical (unpaired) electrons. The lowest BCUT2D eigenvalue weighted by Gasteiger charge is -2.06. The summed E-state index contributed by atoms with van der Waals surface area (Å²) in [4.78, 5) is 11.0. The number of carbonyl (C=O) groups is 1. The van der Waals surface area contributed by atoms with Crippen LogP contribution in [0.5, 0.6) is 0 Å². The second-order valence-electron chi connectivity index (χ2n) is 4.04. The zero-order chi connectivity index (χ0) is 11.5. The van der Waals surface area contributed by atoms with Gasteiger partial charge < -0.3 is 5.32 Å². The molecule has 0 atom stereocenters. The number of fused-ring (bicyclic) bond motifs is 1. The Labute approximate surface area is 95.7 Å². The summed E-state index contributed by atoms with van der Waals surface area (Å²) in [6, 6.07) is 6.20. The van der Waals surface area contributed by atoms with Gasteiger partial charge in [-0.05, 0) is 29.7 Å². The van der Waals surface area contributed by atoms with Crippen molar-refractivity contribution in [1.29, 1.82) is 0 Å². The SMILES string of the molecule is CC(=O)NC1=Cc2cccc(C)c2C=CC1. The summed E-state index contributed by atoms with van der Waals surface area (Å²) < 4.78 is 0. The second kappa shape index (κ2) is 4.35. The van der Waals surface area contributed by atoms with E-state index in [-0.39, 0.29) is 5.91 Å². The lowest BCUT2D eigenvalue weighted by atomic mass is 10.0. The van der Waals surface area contributed by atoms with Gasteiger partial charge in [-0.1, -0.05) is 30.4 Å².